The summed E-state index contributed by atoms with van der Waals surface area (Å²) in [6.45, 7) is 1.94. The van der Waals surface area contributed by atoms with Crippen LogP contribution in [0.4, 0.5) is 10.6 Å². The van der Waals surface area contributed by atoms with E-state index in [1.54, 1.807) is 18.5 Å². The predicted octanol–water partition coefficient (Wildman–Crippen LogP) is 3.94. The van der Waals surface area contributed by atoms with Crippen LogP contribution >= 0.6 is 15.9 Å². The van der Waals surface area contributed by atoms with E-state index in [-0.39, 0.29) is 6.03 Å². The average Bonchev–Trinajstić information content (AvgIpc) is 2.43. The fourth-order valence-corrected chi connectivity index (χ4v) is 1.93. The second-order valence-electron chi connectivity index (χ2n) is 4.17. The molecule has 0 saturated heterocycles. The molecule has 0 aliphatic heterocycles. The molecule has 0 aliphatic rings. The summed E-state index contributed by atoms with van der Waals surface area (Å²) < 4.78 is 0.971. The first-order valence-corrected chi connectivity index (χ1v) is 6.86. The zero-order chi connectivity index (χ0) is 14.4. The number of nitrogens with one attached hydrogen (secondary N) is 2. The Kier molecular flexibility index (Phi) is 4.90. The molecule has 5 heteroatoms. The fraction of sp³-hybridized carbons (Fsp3) is 0.0667. The molecule has 4 nitrogen and oxygen atoms in total. The second kappa shape index (κ2) is 6.86. The molecule has 1 aromatic heterocycles. The number of amides is 2. The Balaban J connectivity index is 1.89. The van der Waals surface area contributed by atoms with Gasteiger partial charge in [-0.25, -0.2) is 9.78 Å². The molecule has 0 atom stereocenters. The molecule has 2 N–H and O–H groups in total. The average molecular weight is 332 g/mol. The van der Waals surface area contributed by atoms with E-state index in [0.717, 1.165) is 15.6 Å². The monoisotopic (exact) mass is 331 g/mol. The summed E-state index contributed by atoms with van der Waals surface area (Å²) in [5, 5.41) is 5.28. The van der Waals surface area contributed by atoms with E-state index in [2.05, 4.69) is 31.5 Å². The summed E-state index contributed by atoms with van der Waals surface area (Å²) >= 11 is 3.43. The first kappa shape index (κ1) is 14.3. The quantitative estimate of drug-likeness (QED) is 0.894. The number of halogens is 1. The minimum Gasteiger partial charge on any atom is -0.314 e. The van der Waals surface area contributed by atoms with Crippen molar-refractivity contribution in [2.75, 3.05) is 5.32 Å². The van der Waals surface area contributed by atoms with E-state index in [1.165, 1.54) is 0 Å². The van der Waals surface area contributed by atoms with E-state index >= 15 is 0 Å². The van der Waals surface area contributed by atoms with Gasteiger partial charge in [0.1, 0.15) is 5.82 Å². The van der Waals surface area contributed by atoms with Crippen LogP contribution in [0, 0.1) is 6.92 Å². The van der Waals surface area contributed by atoms with Crippen molar-refractivity contribution in [3.05, 3.63) is 64.4 Å². The van der Waals surface area contributed by atoms with Crippen LogP contribution in [0.25, 0.3) is 6.08 Å². The van der Waals surface area contributed by atoms with Gasteiger partial charge in [-0.2, -0.15) is 0 Å². The van der Waals surface area contributed by atoms with Crippen LogP contribution in [-0.2, 0) is 0 Å². The highest BCUT2D eigenvalue weighted by Crippen LogP contribution is 2.16. The summed E-state index contributed by atoms with van der Waals surface area (Å²) in [5.74, 6) is 0.516. The smallest absolute Gasteiger partial charge is 0.314 e. The molecule has 1 aromatic carbocycles. The van der Waals surface area contributed by atoms with Gasteiger partial charge in [0.2, 0.25) is 0 Å². The molecule has 0 fully saturated rings. The van der Waals surface area contributed by atoms with Crippen molar-refractivity contribution >= 4 is 33.9 Å². The number of pyridine rings is 1. The zero-order valence-electron chi connectivity index (χ0n) is 10.9. The maximum Gasteiger partial charge on any atom is 0.324 e. The van der Waals surface area contributed by atoms with E-state index in [4.69, 9.17) is 0 Å². The molecule has 0 spiro atoms. The number of rotatable bonds is 3. The molecule has 2 aromatic rings. The summed E-state index contributed by atoms with van der Waals surface area (Å²) in [6, 6.07) is 11.1. The van der Waals surface area contributed by atoms with Gasteiger partial charge in [-0.3, -0.25) is 5.32 Å². The number of aromatic nitrogens is 1. The lowest BCUT2D eigenvalue weighted by atomic mass is 10.2. The molecule has 0 aliphatic carbocycles. The van der Waals surface area contributed by atoms with Crippen molar-refractivity contribution < 1.29 is 4.79 Å². The van der Waals surface area contributed by atoms with Crippen LogP contribution in [0.1, 0.15) is 11.1 Å². The Hall–Kier alpha value is -2.14. The zero-order valence-corrected chi connectivity index (χ0v) is 12.5. The Morgan fingerprint density at radius 1 is 1.25 bits per heavy atom. The fourth-order valence-electron chi connectivity index (χ4n) is 1.51. The topological polar surface area (TPSA) is 54.0 Å². The number of aryl methyl sites for hydroxylation is 1. The highest BCUT2D eigenvalue weighted by atomic mass is 79.9. The Bertz CT molecular complexity index is 623. The number of carbonyl (C=O) groups is 1. The van der Waals surface area contributed by atoms with Crippen molar-refractivity contribution in [3.63, 3.8) is 0 Å². The number of urea groups is 1. The molecule has 0 unspecified atom stereocenters. The molecule has 2 amide bonds. The summed E-state index contributed by atoms with van der Waals surface area (Å²) in [6.07, 6.45) is 5.10. The highest BCUT2D eigenvalue weighted by Gasteiger charge is 1.99. The van der Waals surface area contributed by atoms with Gasteiger partial charge in [-0.05, 0) is 36.3 Å². The molecule has 0 bridgehead atoms. The third kappa shape index (κ3) is 4.20. The summed E-state index contributed by atoms with van der Waals surface area (Å²) in [5.41, 5.74) is 2.03. The molecule has 20 heavy (non-hydrogen) atoms. The predicted molar refractivity (Wildman–Crippen MR) is 84.3 cm³/mol. The van der Waals surface area contributed by atoms with Gasteiger partial charge < -0.3 is 5.32 Å². The summed E-state index contributed by atoms with van der Waals surface area (Å²) in [4.78, 5) is 15.7. The van der Waals surface area contributed by atoms with Gasteiger partial charge in [0, 0.05) is 16.9 Å². The molecular weight excluding hydrogens is 318 g/mol. The SMILES string of the molecule is Cc1ccc(NC(=O)N/C=C/c2ccccc2Br)nc1. The molecule has 102 valence electrons. The van der Waals surface area contributed by atoms with Crippen LogP contribution in [0.2, 0.25) is 0 Å². The van der Waals surface area contributed by atoms with Gasteiger partial charge in [0.25, 0.3) is 0 Å². The van der Waals surface area contributed by atoms with E-state index in [0.29, 0.717) is 5.82 Å². The number of hydrogen-bond acceptors (Lipinski definition) is 2. The number of anilines is 1. The first-order valence-electron chi connectivity index (χ1n) is 6.06. The lowest BCUT2D eigenvalue weighted by Gasteiger charge is -2.04. The van der Waals surface area contributed by atoms with Gasteiger partial charge in [-0.15, -0.1) is 0 Å². The van der Waals surface area contributed by atoms with E-state index in [9.17, 15) is 4.79 Å². The Morgan fingerprint density at radius 3 is 2.75 bits per heavy atom. The number of hydrogen-bond donors (Lipinski definition) is 2. The molecule has 2 rings (SSSR count). The van der Waals surface area contributed by atoms with Gasteiger partial charge in [0.15, 0.2) is 0 Å². The normalized spacial score (nSPS) is 10.5. The Labute approximate surface area is 126 Å². The molecule has 0 saturated carbocycles. The first-order chi connectivity index (χ1) is 9.65. The number of nitrogens with zero attached hydrogens (tertiary/aromatic N) is 1. The van der Waals surface area contributed by atoms with E-state index < -0.39 is 0 Å². The Morgan fingerprint density at radius 2 is 2.05 bits per heavy atom. The lowest BCUT2D eigenvalue weighted by molar-refractivity contribution is 0.255. The van der Waals surface area contributed by atoms with Crippen LogP contribution < -0.4 is 10.6 Å². The van der Waals surface area contributed by atoms with Crippen LogP contribution in [0.15, 0.2) is 53.3 Å². The van der Waals surface area contributed by atoms with Gasteiger partial charge in [0.05, 0.1) is 0 Å². The largest absolute Gasteiger partial charge is 0.324 e. The van der Waals surface area contributed by atoms with Crippen LogP contribution in [0.5, 0.6) is 0 Å². The molecule has 0 radical (unpaired) electrons. The lowest BCUT2D eigenvalue weighted by Crippen LogP contribution is -2.24. The van der Waals surface area contributed by atoms with Gasteiger partial charge >= 0.3 is 6.03 Å². The van der Waals surface area contributed by atoms with Crippen LogP contribution in [-0.4, -0.2) is 11.0 Å². The number of benzene rings is 1. The maximum absolute atomic E-state index is 11.6. The van der Waals surface area contributed by atoms with E-state index in [1.807, 2.05) is 43.3 Å². The second-order valence-corrected chi connectivity index (χ2v) is 5.03. The minimum atomic E-state index is -0.329. The van der Waals surface area contributed by atoms with Crippen molar-refractivity contribution in [1.82, 2.24) is 10.3 Å². The number of carbonyl (C=O) groups excluding carboxylic acids is 1. The van der Waals surface area contributed by atoms with Crippen molar-refractivity contribution in [2.45, 2.75) is 6.92 Å². The molecular formula is C15H14BrN3O. The maximum atomic E-state index is 11.6. The van der Waals surface area contributed by atoms with Gasteiger partial charge in [-0.1, -0.05) is 40.2 Å². The third-order valence-electron chi connectivity index (χ3n) is 2.54. The standard InChI is InChI=1S/C15H14BrN3O/c1-11-6-7-14(18-10-11)19-15(20)17-9-8-12-4-2-3-5-13(12)16/h2-10H,1H3,(H2,17,18,19,20)/b9-8+. The van der Waals surface area contributed by atoms with Crippen molar-refractivity contribution in [2.24, 2.45) is 0 Å². The van der Waals surface area contributed by atoms with Crippen molar-refractivity contribution in [3.8, 4) is 0 Å². The third-order valence-corrected chi connectivity index (χ3v) is 3.26. The summed E-state index contributed by atoms with van der Waals surface area (Å²) in [7, 11) is 0. The van der Waals surface area contributed by atoms with Crippen molar-refractivity contribution in [1.29, 1.82) is 0 Å². The molecule has 1 heterocycles. The van der Waals surface area contributed by atoms with Crippen LogP contribution in [0.3, 0.4) is 0 Å². The minimum absolute atomic E-state index is 0.329. The highest BCUT2D eigenvalue weighted by molar-refractivity contribution is 9.10.